The van der Waals surface area contributed by atoms with E-state index >= 15 is 0 Å². The molecule has 1 aromatic heterocycles. The molecular weight excluding hydrogens is 238 g/mol. The van der Waals surface area contributed by atoms with Crippen LogP contribution in [0.3, 0.4) is 0 Å². The van der Waals surface area contributed by atoms with Gasteiger partial charge in [0, 0.05) is 26.2 Å². The molecule has 5 heteroatoms. The molecule has 1 aliphatic rings. The molecule has 0 spiro atoms. The van der Waals surface area contributed by atoms with Crippen LogP contribution in [0.15, 0.2) is 12.4 Å². The van der Waals surface area contributed by atoms with Gasteiger partial charge in [0.25, 0.3) is 0 Å². The summed E-state index contributed by atoms with van der Waals surface area (Å²) in [6.45, 7) is 6.37. The van der Waals surface area contributed by atoms with Crippen LogP contribution in [0.2, 0.25) is 0 Å². The van der Waals surface area contributed by atoms with Gasteiger partial charge in [0.15, 0.2) is 0 Å². The summed E-state index contributed by atoms with van der Waals surface area (Å²) in [7, 11) is 2.11. The Morgan fingerprint density at radius 1 is 1.37 bits per heavy atom. The third kappa shape index (κ3) is 4.35. The van der Waals surface area contributed by atoms with Crippen LogP contribution in [-0.4, -0.2) is 43.2 Å². The van der Waals surface area contributed by atoms with Crippen molar-refractivity contribution in [1.82, 2.24) is 15.3 Å². The van der Waals surface area contributed by atoms with E-state index in [-0.39, 0.29) is 0 Å². The Labute approximate surface area is 115 Å². The first-order valence-corrected chi connectivity index (χ1v) is 7.27. The molecule has 0 amide bonds. The lowest BCUT2D eigenvalue weighted by atomic mass is 9.94. The van der Waals surface area contributed by atoms with Crippen molar-refractivity contribution in [2.45, 2.75) is 26.2 Å². The minimum Gasteiger partial charge on any atom is -0.370 e. The molecule has 0 aromatic carbocycles. The fourth-order valence-corrected chi connectivity index (χ4v) is 2.49. The number of piperidine rings is 1. The zero-order valence-electron chi connectivity index (χ0n) is 12.0. The van der Waals surface area contributed by atoms with E-state index in [0.29, 0.717) is 0 Å². The van der Waals surface area contributed by atoms with Crippen LogP contribution >= 0.6 is 0 Å². The third-order valence-electron chi connectivity index (χ3n) is 3.73. The molecule has 0 saturated carbocycles. The van der Waals surface area contributed by atoms with E-state index in [1.807, 2.05) is 6.07 Å². The highest BCUT2D eigenvalue weighted by molar-refractivity contribution is 5.47. The van der Waals surface area contributed by atoms with Gasteiger partial charge in [-0.2, -0.15) is 0 Å². The van der Waals surface area contributed by atoms with Crippen LogP contribution in [0.1, 0.15) is 26.2 Å². The number of nitrogens with zero attached hydrogens (tertiary/aromatic N) is 3. The quantitative estimate of drug-likeness (QED) is 0.818. The molecule has 1 aliphatic heterocycles. The van der Waals surface area contributed by atoms with E-state index in [1.54, 1.807) is 6.33 Å². The summed E-state index contributed by atoms with van der Waals surface area (Å²) >= 11 is 0. The van der Waals surface area contributed by atoms with E-state index < -0.39 is 0 Å². The molecule has 2 N–H and O–H groups in total. The summed E-state index contributed by atoms with van der Waals surface area (Å²) in [5.41, 5.74) is 0. The molecule has 19 heavy (non-hydrogen) atoms. The van der Waals surface area contributed by atoms with Gasteiger partial charge < -0.3 is 15.5 Å². The Bertz CT molecular complexity index is 376. The van der Waals surface area contributed by atoms with Gasteiger partial charge in [0.1, 0.15) is 18.0 Å². The minimum absolute atomic E-state index is 0.860. The van der Waals surface area contributed by atoms with Crippen molar-refractivity contribution in [3.8, 4) is 0 Å². The summed E-state index contributed by atoms with van der Waals surface area (Å²) in [6, 6.07) is 2.02. The van der Waals surface area contributed by atoms with Gasteiger partial charge in [-0.05, 0) is 45.2 Å². The van der Waals surface area contributed by atoms with Gasteiger partial charge in [0.2, 0.25) is 0 Å². The predicted octanol–water partition coefficient (Wildman–Crippen LogP) is 1.73. The number of hydrogen-bond donors (Lipinski definition) is 2. The zero-order valence-corrected chi connectivity index (χ0v) is 12.0. The first kappa shape index (κ1) is 14.1. The molecule has 0 bridgehead atoms. The summed E-state index contributed by atoms with van der Waals surface area (Å²) in [5, 5.41) is 6.64. The van der Waals surface area contributed by atoms with Crippen LogP contribution in [0.25, 0.3) is 0 Å². The average molecular weight is 263 g/mol. The molecule has 1 saturated heterocycles. The SMILES string of the molecule is CCNc1cc(N(C)CCC2CCNCC2)ncn1. The standard InChI is InChI=1S/C14H25N5/c1-3-16-13-10-14(18-11-17-13)19(2)9-6-12-4-7-15-8-5-12/h10-12,15H,3-9H2,1-2H3,(H,16,17,18). The highest BCUT2D eigenvalue weighted by atomic mass is 15.2. The second-order valence-corrected chi connectivity index (χ2v) is 5.20. The Balaban J connectivity index is 1.84. The lowest BCUT2D eigenvalue weighted by Gasteiger charge is -2.25. The van der Waals surface area contributed by atoms with Crippen molar-refractivity contribution in [2.24, 2.45) is 5.92 Å². The second-order valence-electron chi connectivity index (χ2n) is 5.20. The summed E-state index contributed by atoms with van der Waals surface area (Å²) < 4.78 is 0. The first-order chi connectivity index (χ1) is 9.29. The van der Waals surface area contributed by atoms with E-state index in [9.17, 15) is 0 Å². The second kappa shape index (κ2) is 7.28. The molecule has 0 radical (unpaired) electrons. The molecule has 0 unspecified atom stereocenters. The van der Waals surface area contributed by atoms with E-state index in [0.717, 1.165) is 30.6 Å². The summed E-state index contributed by atoms with van der Waals surface area (Å²) in [6.07, 6.45) is 5.49. The highest BCUT2D eigenvalue weighted by Gasteiger charge is 2.14. The normalized spacial score (nSPS) is 16.3. The maximum Gasteiger partial charge on any atom is 0.133 e. The van der Waals surface area contributed by atoms with Crippen molar-refractivity contribution in [3.63, 3.8) is 0 Å². The highest BCUT2D eigenvalue weighted by Crippen LogP contribution is 2.18. The van der Waals surface area contributed by atoms with Gasteiger partial charge >= 0.3 is 0 Å². The number of aromatic nitrogens is 2. The maximum absolute atomic E-state index is 4.35. The topological polar surface area (TPSA) is 53.1 Å². The van der Waals surface area contributed by atoms with Crippen molar-refractivity contribution in [2.75, 3.05) is 43.4 Å². The fraction of sp³-hybridized carbons (Fsp3) is 0.714. The van der Waals surface area contributed by atoms with E-state index in [1.165, 1.54) is 32.4 Å². The molecule has 2 heterocycles. The largest absolute Gasteiger partial charge is 0.370 e. The monoisotopic (exact) mass is 263 g/mol. The van der Waals surface area contributed by atoms with Crippen LogP contribution in [0.5, 0.6) is 0 Å². The summed E-state index contributed by atoms with van der Waals surface area (Å²) in [5.74, 6) is 2.76. The Hall–Kier alpha value is -1.36. The van der Waals surface area contributed by atoms with E-state index in [2.05, 4.69) is 39.5 Å². The molecule has 0 aliphatic carbocycles. The van der Waals surface area contributed by atoms with Crippen molar-refractivity contribution >= 4 is 11.6 Å². The van der Waals surface area contributed by atoms with Gasteiger partial charge in [-0.3, -0.25) is 0 Å². The first-order valence-electron chi connectivity index (χ1n) is 7.27. The Morgan fingerprint density at radius 3 is 2.89 bits per heavy atom. The number of rotatable bonds is 6. The molecule has 1 fully saturated rings. The van der Waals surface area contributed by atoms with Crippen LogP contribution in [0.4, 0.5) is 11.6 Å². The Morgan fingerprint density at radius 2 is 2.16 bits per heavy atom. The van der Waals surface area contributed by atoms with Gasteiger partial charge in [-0.15, -0.1) is 0 Å². The van der Waals surface area contributed by atoms with Crippen LogP contribution in [-0.2, 0) is 0 Å². The Kier molecular flexibility index (Phi) is 5.39. The zero-order chi connectivity index (χ0) is 13.5. The smallest absolute Gasteiger partial charge is 0.133 e. The molecule has 2 rings (SSSR count). The third-order valence-corrected chi connectivity index (χ3v) is 3.73. The number of nitrogens with one attached hydrogen (secondary N) is 2. The molecule has 1 aromatic rings. The van der Waals surface area contributed by atoms with Crippen molar-refractivity contribution < 1.29 is 0 Å². The number of anilines is 2. The maximum atomic E-state index is 4.35. The lowest BCUT2D eigenvalue weighted by molar-refractivity contribution is 0.356. The summed E-state index contributed by atoms with van der Waals surface area (Å²) in [4.78, 5) is 10.8. The van der Waals surface area contributed by atoms with Gasteiger partial charge in [0.05, 0.1) is 0 Å². The van der Waals surface area contributed by atoms with Gasteiger partial charge in [-0.25, -0.2) is 9.97 Å². The minimum atomic E-state index is 0.860. The van der Waals surface area contributed by atoms with Crippen LogP contribution in [0, 0.1) is 5.92 Å². The van der Waals surface area contributed by atoms with E-state index in [4.69, 9.17) is 0 Å². The van der Waals surface area contributed by atoms with Crippen LogP contribution < -0.4 is 15.5 Å². The molecule has 5 nitrogen and oxygen atoms in total. The van der Waals surface area contributed by atoms with Crippen molar-refractivity contribution in [3.05, 3.63) is 12.4 Å². The lowest BCUT2D eigenvalue weighted by Crippen LogP contribution is -2.30. The van der Waals surface area contributed by atoms with Crippen molar-refractivity contribution in [1.29, 1.82) is 0 Å². The molecule has 0 atom stereocenters. The average Bonchev–Trinajstić information content (AvgIpc) is 2.46. The molecular formula is C14H25N5. The molecule has 106 valence electrons. The van der Waals surface area contributed by atoms with Gasteiger partial charge in [-0.1, -0.05) is 0 Å². The fourth-order valence-electron chi connectivity index (χ4n) is 2.49. The predicted molar refractivity (Wildman–Crippen MR) is 79.7 cm³/mol. The number of hydrogen-bond acceptors (Lipinski definition) is 5.